The van der Waals surface area contributed by atoms with Crippen molar-refractivity contribution < 1.29 is 14.6 Å². The number of nitrogens with one attached hydrogen (secondary N) is 2. The summed E-state index contributed by atoms with van der Waals surface area (Å²) in [5.41, 5.74) is 1.88. The predicted octanol–water partition coefficient (Wildman–Crippen LogP) is 2.00. The van der Waals surface area contributed by atoms with Gasteiger partial charge < -0.3 is 20.5 Å². The van der Waals surface area contributed by atoms with Crippen LogP contribution in [0, 0.1) is 11.3 Å². The number of aliphatic hydroxyl groups is 1. The number of hydrogen-bond donors (Lipinski definition) is 3. The van der Waals surface area contributed by atoms with Crippen molar-refractivity contribution in [1.29, 1.82) is 5.26 Å². The molecule has 6 heteroatoms. The van der Waals surface area contributed by atoms with Crippen LogP contribution in [-0.2, 0) is 22.7 Å². The van der Waals surface area contributed by atoms with Gasteiger partial charge in [-0.15, -0.1) is 0 Å². The Balaban J connectivity index is 2.29. The molecule has 6 nitrogen and oxygen atoms in total. The fraction of sp³-hybridized carbons (Fsp3) is 0.474. The van der Waals surface area contributed by atoms with E-state index in [0.29, 0.717) is 19.7 Å². The lowest BCUT2D eigenvalue weighted by Crippen LogP contribution is -2.27. The number of amides is 1. The van der Waals surface area contributed by atoms with Crippen molar-refractivity contribution in [3.05, 3.63) is 47.2 Å². The average molecular weight is 345 g/mol. The summed E-state index contributed by atoms with van der Waals surface area (Å²) in [5.74, 6) is -0.390. The highest BCUT2D eigenvalue weighted by Crippen LogP contribution is 2.04. The number of carbonyl (C=O) groups excluding carboxylic acids is 1. The minimum Gasteiger partial charge on any atom is -0.392 e. The molecular formula is C19H27N3O3. The van der Waals surface area contributed by atoms with E-state index >= 15 is 0 Å². The van der Waals surface area contributed by atoms with Crippen LogP contribution in [0.2, 0.25) is 0 Å². The molecule has 1 amide bonds. The Labute approximate surface area is 149 Å². The highest BCUT2D eigenvalue weighted by atomic mass is 16.5. The molecule has 0 fully saturated rings. The molecule has 0 saturated heterocycles. The molecule has 0 aromatic heterocycles. The van der Waals surface area contributed by atoms with Crippen LogP contribution in [-0.4, -0.2) is 30.8 Å². The Morgan fingerprint density at radius 1 is 1.24 bits per heavy atom. The van der Waals surface area contributed by atoms with Crippen LogP contribution in [0.5, 0.6) is 0 Å². The Morgan fingerprint density at radius 2 is 1.92 bits per heavy atom. The molecule has 0 unspecified atom stereocenters. The van der Waals surface area contributed by atoms with Gasteiger partial charge in [0.2, 0.25) is 0 Å². The Bertz CT molecular complexity index is 577. The first-order valence-corrected chi connectivity index (χ1v) is 8.59. The molecule has 1 aromatic carbocycles. The maximum Gasteiger partial charge on any atom is 0.263 e. The second-order valence-electron chi connectivity index (χ2n) is 5.60. The molecule has 0 atom stereocenters. The van der Waals surface area contributed by atoms with Crippen LogP contribution in [0.3, 0.4) is 0 Å². The molecule has 0 aliphatic carbocycles. The van der Waals surface area contributed by atoms with Gasteiger partial charge in [0.25, 0.3) is 5.91 Å². The van der Waals surface area contributed by atoms with E-state index in [2.05, 4.69) is 17.6 Å². The third-order valence-corrected chi connectivity index (χ3v) is 3.52. The van der Waals surface area contributed by atoms with Crippen LogP contribution in [0.1, 0.15) is 37.3 Å². The molecule has 25 heavy (non-hydrogen) atoms. The number of ether oxygens (including phenoxy) is 1. The van der Waals surface area contributed by atoms with Gasteiger partial charge in [-0.25, -0.2) is 0 Å². The van der Waals surface area contributed by atoms with Crippen molar-refractivity contribution >= 4 is 5.91 Å². The van der Waals surface area contributed by atoms with Crippen molar-refractivity contribution in [2.45, 2.75) is 39.3 Å². The van der Waals surface area contributed by atoms with Crippen molar-refractivity contribution in [2.75, 3.05) is 19.8 Å². The van der Waals surface area contributed by atoms with Crippen molar-refractivity contribution in [2.24, 2.45) is 0 Å². The van der Waals surface area contributed by atoms with Gasteiger partial charge >= 0.3 is 0 Å². The highest BCUT2D eigenvalue weighted by molar-refractivity contribution is 5.97. The summed E-state index contributed by atoms with van der Waals surface area (Å²) in [4.78, 5) is 11.9. The molecule has 1 rings (SSSR count). The topological polar surface area (TPSA) is 94.4 Å². The monoisotopic (exact) mass is 345 g/mol. The van der Waals surface area contributed by atoms with Gasteiger partial charge in [-0.1, -0.05) is 37.6 Å². The maximum atomic E-state index is 11.9. The van der Waals surface area contributed by atoms with Crippen LogP contribution >= 0.6 is 0 Å². The van der Waals surface area contributed by atoms with Gasteiger partial charge in [0.1, 0.15) is 11.6 Å². The Kier molecular flexibility index (Phi) is 10.7. The van der Waals surface area contributed by atoms with Crippen LogP contribution in [0.25, 0.3) is 0 Å². The maximum absolute atomic E-state index is 11.9. The Hall–Kier alpha value is -2.36. The molecule has 0 spiro atoms. The number of unbranched alkanes of at least 4 members (excludes halogenated alkanes) is 1. The van der Waals surface area contributed by atoms with Crippen molar-refractivity contribution in [3.63, 3.8) is 0 Å². The molecule has 0 bridgehead atoms. The molecule has 1 aromatic rings. The first-order chi connectivity index (χ1) is 12.2. The minimum absolute atomic E-state index is 0.00993. The number of carbonyl (C=O) groups is 1. The van der Waals surface area contributed by atoms with Crippen molar-refractivity contribution in [3.8, 4) is 6.07 Å². The van der Waals surface area contributed by atoms with Gasteiger partial charge in [0.15, 0.2) is 0 Å². The zero-order chi connectivity index (χ0) is 18.3. The lowest BCUT2D eigenvalue weighted by molar-refractivity contribution is -0.117. The summed E-state index contributed by atoms with van der Waals surface area (Å²) in [5, 5.41) is 23.8. The second-order valence-corrected chi connectivity index (χ2v) is 5.60. The van der Waals surface area contributed by atoms with Gasteiger partial charge in [-0.05, 0) is 24.0 Å². The minimum atomic E-state index is -0.390. The summed E-state index contributed by atoms with van der Waals surface area (Å²) < 4.78 is 5.41. The first kappa shape index (κ1) is 20.7. The third kappa shape index (κ3) is 8.89. The van der Waals surface area contributed by atoms with E-state index in [4.69, 9.17) is 15.1 Å². The van der Waals surface area contributed by atoms with Crippen molar-refractivity contribution in [1.82, 2.24) is 10.6 Å². The van der Waals surface area contributed by atoms with Crippen LogP contribution < -0.4 is 10.6 Å². The average Bonchev–Trinajstić information content (AvgIpc) is 2.65. The van der Waals surface area contributed by atoms with Gasteiger partial charge in [0.05, 0.1) is 6.61 Å². The predicted molar refractivity (Wildman–Crippen MR) is 96.3 cm³/mol. The molecule has 3 N–H and O–H groups in total. The second kappa shape index (κ2) is 13.0. The largest absolute Gasteiger partial charge is 0.392 e. The van der Waals surface area contributed by atoms with Gasteiger partial charge in [0, 0.05) is 32.5 Å². The number of aliphatic hydroxyl groups excluding tert-OH is 1. The van der Waals surface area contributed by atoms with Crippen LogP contribution in [0.15, 0.2) is 36.0 Å². The standard InChI is InChI=1S/C19H27N3O3/c1-2-3-10-25-11-4-9-22-19(24)18(12-20)14-21-13-16-5-7-17(15-23)8-6-16/h5-8,14,21,23H,2-4,9-11,13,15H2,1H3,(H,22,24)/b18-14-. The lowest BCUT2D eigenvalue weighted by Gasteiger charge is -2.06. The summed E-state index contributed by atoms with van der Waals surface area (Å²) in [7, 11) is 0. The first-order valence-electron chi connectivity index (χ1n) is 8.59. The fourth-order valence-corrected chi connectivity index (χ4v) is 2.00. The number of nitrogens with zero attached hydrogens (tertiary/aromatic N) is 1. The molecule has 0 radical (unpaired) electrons. The number of nitriles is 1. The Morgan fingerprint density at radius 3 is 2.56 bits per heavy atom. The smallest absolute Gasteiger partial charge is 0.263 e. The lowest BCUT2D eigenvalue weighted by atomic mass is 10.1. The molecule has 0 heterocycles. The summed E-state index contributed by atoms with van der Waals surface area (Å²) in [6.07, 6.45) is 4.29. The van der Waals surface area contributed by atoms with Gasteiger partial charge in [-0.3, -0.25) is 4.79 Å². The quantitative estimate of drug-likeness (QED) is 0.306. The van der Waals surface area contributed by atoms with E-state index in [0.717, 1.165) is 37.0 Å². The summed E-state index contributed by atoms with van der Waals surface area (Å²) >= 11 is 0. The summed E-state index contributed by atoms with van der Waals surface area (Å²) in [6.45, 7) is 4.44. The summed E-state index contributed by atoms with van der Waals surface area (Å²) in [6, 6.07) is 9.34. The highest BCUT2D eigenvalue weighted by Gasteiger charge is 2.07. The molecule has 0 aliphatic rings. The normalized spacial score (nSPS) is 11.0. The van der Waals surface area contributed by atoms with E-state index in [1.54, 1.807) is 0 Å². The molecule has 0 saturated carbocycles. The van der Waals surface area contributed by atoms with E-state index in [1.165, 1.54) is 6.20 Å². The fourth-order valence-electron chi connectivity index (χ4n) is 2.00. The number of hydrogen-bond acceptors (Lipinski definition) is 5. The molecule has 136 valence electrons. The zero-order valence-corrected chi connectivity index (χ0v) is 14.8. The SMILES string of the molecule is CCCCOCCCNC(=O)/C(C#N)=C\NCc1ccc(CO)cc1. The van der Waals surface area contributed by atoms with E-state index in [1.807, 2.05) is 30.3 Å². The number of benzene rings is 1. The third-order valence-electron chi connectivity index (χ3n) is 3.52. The zero-order valence-electron chi connectivity index (χ0n) is 14.8. The van der Waals surface area contributed by atoms with E-state index < -0.39 is 0 Å². The van der Waals surface area contributed by atoms with Gasteiger partial charge in [-0.2, -0.15) is 5.26 Å². The van der Waals surface area contributed by atoms with Crippen LogP contribution in [0.4, 0.5) is 0 Å². The van der Waals surface area contributed by atoms with E-state index in [-0.39, 0.29) is 18.1 Å². The molecular weight excluding hydrogens is 318 g/mol. The number of rotatable bonds is 12. The molecule has 0 aliphatic heterocycles. The van der Waals surface area contributed by atoms with E-state index in [9.17, 15) is 4.79 Å².